The van der Waals surface area contributed by atoms with Crippen LogP contribution in [0.25, 0.3) is 11.0 Å². The van der Waals surface area contributed by atoms with Crippen LogP contribution in [0, 0.1) is 6.92 Å². The van der Waals surface area contributed by atoms with E-state index in [4.69, 9.17) is 5.73 Å². The summed E-state index contributed by atoms with van der Waals surface area (Å²) >= 11 is 0. The lowest BCUT2D eigenvalue weighted by molar-refractivity contribution is 0.157. The number of hydrogen-bond acceptors (Lipinski definition) is 3. The Labute approximate surface area is 126 Å². The van der Waals surface area contributed by atoms with E-state index in [9.17, 15) is 0 Å². The van der Waals surface area contributed by atoms with Crippen LogP contribution in [0.1, 0.15) is 38.2 Å². The van der Waals surface area contributed by atoms with E-state index in [1.54, 1.807) is 0 Å². The van der Waals surface area contributed by atoms with Gasteiger partial charge in [-0.15, -0.1) is 0 Å². The number of nitrogen functional groups attached to an aromatic ring is 1. The number of rotatable bonds is 4. The normalized spacial score (nSPS) is 20.2. The van der Waals surface area contributed by atoms with Crippen molar-refractivity contribution in [2.75, 3.05) is 18.8 Å². The van der Waals surface area contributed by atoms with Gasteiger partial charge < -0.3 is 15.2 Å². The van der Waals surface area contributed by atoms with Gasteiger partial charge in [-0.2, -0.15) is 0 Å². The van der Waals surface area contributed by atoms with Gasteiger partial charge in [0.25, 0.3) is 0 Å². The molecule has 1 atom stereocenters. The minimum Gasteiger partial charge on any atom is -0.369 e. The van der Waals surface area contributed by atoms with Crippen molar-refractivity contribution >= 4 is 17.0 Å². The van der Waals surface area contributed by atoms with E-state index in [0.717, 1.165) is 31.1 Å². The quantitative estimate of drug-likeness (QED) is 0.939. The first-order valence-corrected chi connectivity index (χ1v) is 8.11. The van der Waals surface area contributed by atoms with Gasteiger partial charge in [-0.05, 0) is 57.4 Å². The highest BCUT2D eigenvalue weighted by Gasteiger charge is 2.17. The van der Waals surface area contributed by atoms with E-state index in [2.05, 4.69) is 46.5 Å². The average Bonchev–Trinajstić information content (AvgIpc) is 2.77. The van der Waals surface area contributed by atoms with Crippen molar-refractivity contribution in [1.29, 1.82) is 0 Å². The second kappa shape index (κ2) is 6.06. The third-order valence-electron chi connectivity index (χ3n) is 4.70. The number of piperidine rings is 1. The van der Waals surface area contributed by atoms with E-state index in [1.165, 1.54) is 36.9 Å². The number of hydrogen-bond donors (Lipinski definition) is 1. The van der Waals surface area contributed by atoms with E-state index in [-0.39, 0.29) is 0 Å². The molecule has 3 rings (SSSR count). The van der Waals surface area contributed by atoms with E-state index in [1.807, 2.05) is 0 Å². The first kappa shape index (κ1) is 14.4. The van der Waals surface area contributed by atoms with Gasteiger partial charge in [0.05, 0.1) is 11.0 Å². The van der Waals surface area contributed by atoms with Crippen LogP contribution in [-0.2, 0) is 6.54 Å². The highest BCUT2D eigenvalue weighted by atomic mass is 15.2. The lowest BCUT2D eigenvalue weighted by Gasteiger charge is -2.33. The van der Waals surface area contributed by atoms with E-state index >= 15 is 0 Å². The molecule has 4 heteroatoms. The predicted molar refractivity (Wildman–Crippen MR) is 88.4 cm³/mol. The van der Waals surface area contributed by atoms with Gasteiger partial charge in [-0.1, -0.05) is 12.5 Å². The Morgan fingerprint density at radius 1 is 1.29 bits per heavy atom. The second-order valence-electron chi connectivity index (χ2n) is 6.35. The monoisotopic (exact) mass is 286 g/mol. The zero-order valence-corrected chi connectivity index (χ0v) is 13.2. The maximum Gasteiger partial charge on any atom is 0.201 e. The lowest BCUT2D eigenvalue weighted by Crippen LogP contribution is -2.38. The maximum absolute atomic E-state index is 6.09. The molecular formula is C17H26N4. The minimum atomic E-state index is 0.641. The number of nitrogens with two attached hydrogens (primary N) is 1. The molecule has 1 saturated heterocycles. The Balaban J connectivity index is 1.67. The highest BCUT2D eigenvalue weighted by molar-refractivity contribution is 5.79. The summed E-state index contributed by atoms with van der Waals surface area (Å²) in [6, 6.07) is 7.07. The molecule has 114 valence electrons. The summed E-state index contributed by atoms with van der Waals surface area (Å²) in [6.45, 7) is 7.83. The Morgan fingerprint density at radius 3 is 2.95 bits per heavy atom. The van der Waals surface area contributed by atoms with Crippen molar-refractivity contribution in [3.63, 3.8) is 0 Å². The fourth-order valence-corrected chi connectivity index (χ4v) is 3.41. The van der Waals surface area contributed by atoms with Crippen LogP contribution in [0.4, 0.5) is 5.95 Å². The number of nitrogens with zero attached hydrogens (tertiary/aromatic N) is 3. The van der Waals surface area contributed by atoms with Crippen molar-refractivity contribution in [2.24, 2.45) is 0 Å². The van der Waals surface area contributed by atoms with Crippen LogP contribution < -0.4 is 5.73 Å². The molecule has 2 heterocycles. The largest absolute Gasteiger partial charge is 0.369 e. The summed E-state index contributed by atoms with van der Waals surface area (Å²) < 4.78 is 2.16. The Hall–Kier alpha value is -1.55. The van der Waals surface area contributed by atoms with Crippen LogP contribution in [0.15, 0.2) is 18.2 Å². The van der Waals surface area contributed by atoms with Crippen molar-refractivity contribution < 1.29 is 0 Å². The third-order valence-corrected chi connectivity index (χ3v) is 4.70. The van der Waals surface area contributed by atoms with Gasteiger partial charge in [0.15, 0.2) is 0 Å². The Bertz CT molecular complexity index is 617. The SMILES string of the molecule is Cc1ccc2nc(N)n(CCCN3CCCCC3C)c2c1. The number of aryl methyl sites for hydroxylation is 2. The van der Waals surface area contributed by atoms with Gasteiger partial charge in [0.2, 0.25) is 5.95 Å². The Kier molecular flexibility index (Phi) is 4.15. The molecular weight excluding hydrogens is 260 g/mol. The standard InChI is InChI=1S/C17H26N4/c1-13-7-8-15-16(12-13)21(17(18)19-15)11-5-10-20-9-4-3-6-14(20)2/h7-8,12,14H,3-6,9-11H2,1-2H3,(H2,18,19). The third kappa shape index (κ3) is 3.05. The number of benzene rings is 1. The molecule has 0 spiro atoms. The van der Waals surface area contributed by atoms with Crippen LogP contribution >= 0.6 is 0 Å². The molecule has 0 bridgehead atoms. The highest BCUT2D eigenvalue weighted by Crippen LogP contribution is 2.21. The second-order valence-corrected chi connectivity index (χ2v) is 6.35. The summed E-state index contributed by atoms with van der Waals surface area (Å²) in [5.41, 5.74) is 9.52. The van der Waals surface area contributed by atoms with Crippen LogP contribution in [0.5, 0.6) is 0 Å². The molecule has 2 aromatic rings. The topological polar surface area (TPSA) is 47.1 Å². The minimum absolute atomic E-state index is 0.641. The molecule has 1 unspecified atom stereocenters. The van der Waals surface area contributed by atoms with Gasteiger partial charge in [-0.3, -0.25) is 0 Å². The molecule has 21 heavy (non-hydrogen) atoms. The molecule has 1 aliphatic heterocycles. The van der Waals surface area contributed by atoms with Crippen LogP contribution in [0.3, 0.4) is 0 Å². The van der Waals surface area contributed by atoms with Gasteiger partial charge >= 0.3 is 0 Å². The van der Waals surface area contributed by atoms with Gasteiger partial charge in [-0.25, -0.2) is 4.98 Å². The Morgan fingerprint density at radius 2 is 2.14 bits per heavy atom. The number of anilines is 1. The molecule has 4 nitrogen and oxygen atoms in total. The summed E-state index contributed by atoms with van der Waals surface area (Å²) in [6.07, 6.45) is 5.21. The number of aromatic nitrogens is 2. The van der Waals surface area contributed by atoms with Gasteiger partial charge in [0, 0.05) is 19.1 Å². The zero-order valence-electron chi connectivity index (χ0n) is 13.2. The van der Waals surface area contributed by atoms with E-state index in [0.29, 0.717) is 5.95 Å². The predicted octanol–water partition coefficient (Wildman–Crippen LogP) is 3.19. The van der Waals surface area contributed by atoms with Crippen molar-refractivity contribution in [1.82, 2.24) is 14.5 Å². The molecule has 0 saturated carbocycles. The number of likely N-dealkylation sites (tertiary alicyclic amines) is 1. The molecule has 1 aromatic heterocycles. The van der Waals surface area contributed by atoms with Crippen molar-refractivity contribution in [3.8, 4) is 0 Å². The maximum atomic E-state index is 6.09. The van der Waals surface area contributed by atoms with Crippen molar-refractivity contribution in [2.45, 2.75) is 52.1 Å². The smallest absolute Gasteiger partial charge is 0.201 e. The van der Waals surface area contributed by atoms with Crippen LogP contribution in [0.2, 0.25) is 0 Å². The molecule has 1 aromatic carbocycles. The fraction of sp³-hybridized carbons (Fsp3) is 0.588. The number of imidazole rings is 1. The molecule has 0 amide bonds. The summed E-state index contributed by atoms with van der Waals surface area (Å²) in [7, 11) is 0. The average molecular weight is 286 g/mol. The molecule has 1 fully saturated rings. The molecule has 0 aliphatic carbocycles. The molecule has 1 aliphatic rings. The molecule has 0 radical (unpaired) electrons. The fourth-order valence-electron chi connectivity index (χ4n) is 3.41. The summed E-state index contributed by atoms with van der Waals surface area (Å²) in [5.74, 6) is 0.641. The molecule has 2 N–H and O–H groups in total. The van der Waals surface area contributed by atoms with Crippen LogP contribution in [-0.4, -0.2) is 33.6 Å². The zero-order chi connectivity index (χ0) is 14.8. The lowest BCUT2D eigenvalue weighted by atomic mass is 10.0. The first-order chi connectivity index (χ1) is 10.1. The first-order valence-electron chi connectivity index (χ1n) is 8.11. The van der Waals surface area contributed by atoms with E-state index < -0.39 is 0 Å². The summed E-state index contributed by atoms with van der Waals surface area (Å²) in [4.78, 5) is 7.08. The van der Waals surface area contributed by atoms with Crippen molar-refractivity contribution in [3.05, 3.63) is 23.8 Å². The summed E-state index contributed by atoms with van der Waals surface area (Å²) in [5, 5.41) is 0. The van der Waals surface area contributed by atoms with Gasteiger partial charge in [0.1, 0.15) is 0 Å². The number of fused-ring (bicyclic) bond motifs is 1.